The van der Waals surface area contributed by atoms with Crippen LogP contribution in [0.3, 0.4) is 0 Å². The van der Waals surface area contributed by atoms with Gasteiger partial charge in [0.1, 0.15) is 12.4 Å². The smallest absolute Gasteiger partial charge is 0.369 e. The van der Waals surface area contributed by atoms with Crippen molar-refractivity contribution in [2.24, 2.45) is 0 Å². The summed E-state index contributed by atoms with van der Waals surface area (Å²) in [6.45, 7) is 3.53. The number of hydrogen-bond donors (Lipinski definition) is 1. The van der Waals surface area contributed by atoms with E-state index < -0.39 is 12.7 Å². The lowest BCUT2D eigenvalue weighted by Crippen LogP contribution is -2.35. The van der Waals surface area contributed by atoms with Crippen molar-refractivity contribution in [1.82, 2.24) is 14.4 Å². The van der Waals surface area contributed by atoms with Crippen molar-refractivity contribution in [2.75, 3.05) is 29.9 Å². The molecule has 1 N–H and O–H groups in total. The summed E-state index contributed by atoms with van der Waals surface area (Å²) in [5, 5.41) is 3.09. The molecule has 0 unspecified atom stereocenters. The lowest BCUT2D eigenvalue weighted by Gasteiger charge is -2.24. The Bertz CT molecular complexity index is 593. The van der Waals surface area contributed by atoms with Crippen LogP contribution in [0.1, 0.15) is 20.3 Å². The third kappa shape index (κ3) is 3.77. The van der Waals surface area contributed by atoms with Gasteiger partial charge in [-0.3, -0.25) is 0 Å². The molecule has 0 atom stereocenters. The minimum atomic E-state index is -4.28. The number of fused-ring (bicyclic) bond motifs is 1. The summed E-state index contributed by atoms with van der Waals surface area (Å²) in [4.78, 5) is 9.58. The highest BCUT2D eigenvalue weighted by Gasteiger charge is 2.31. The largest absolute Gasteiger partial charge is 0.405 e. The number of aromatic nitrogens is 3. The van der Waals surface area contributed by atoms with Crippen molar-refractivity contribution >= 4 is 17.3 Å². The molecule has 0 aliphatic heterocycles. The van der Waals surface area contributed by atoms with Crippen LogP contribution in [0, 0.1) is 0 Å². The zero-order chi connectivity index (χ0) is 15.5. The topological polar surface area (TPSA) is 45.5 Å². The molecule has 0 bridgehead atoms. The zero-order valence-electron chi connectivity index (χ0n) is 12.0. The Kier molecular flexibility index (Phi) is 4.54. The highest BCUT2D eigenvalue weighted by atomic mass is 19.4. The van der Waals surface area contributed by atoms with E-state index in [2.05, 4.69) is 15.3 Å². The highest BCUT2D eigenvalue weighted by Crippen LogP contribution is 2.25. The third-order valence-corrected chi connectivity index (χ3v) is 2.96. The van der Waals surface area contributed by atoms with E-state index in [4.69, 9.17) is 0 Å². The molecule has 0 saturated carbocycles. The Balaban J connectivity index is 2.41. The normalized spacial score (nSPS) is 11.9. The average molecular weight is 301 g/mol. The maximum absolute atomic E-state index is 12.7. The van der Waals surface area contributed by atoms with Gasteiger partial charge in [-0.25, -0.2) is 9.97 Å². The Morgan fingerprint density at radius 2 is 2.10 bits per heavy atom. The van der Waals surface area contributed by atoms with E-state index in [1.54, 1.807) is 29.9 Å². The van der Waals surface area contributed by atoms with Gasteiger partial charge < -0.3 is 14.6 Å². The number of imidazole rings is 1. The van der Waals surface area contributed by atoms with Gasteiger partial charge in [0, 0.05) is 25.5 Å². The fourth-order valence-corrected chi connectivity index (χ4v) is 2.02. The van der Waals surface area contributed by atoms with E-state index in [1.165, 1.54) is 4.90 Å². The second-order valence-corrected chi connectivity index (χ2v) is 4.66. The molecule has 0 aliphatic carbocycles. The molecule has 0 aromatic carbocycles. The number of anilines is 2. The number of hydrogen-bond acceptors (Lipinski definition) is 4. The fourth-order valence-electron chi connectivity index (χ4n) is 2.02. The summed E-state index contributed by atoms with van der Waals surface area (Å²) in [5.41, 5.74) is 0.420. The molecule has 116 valence electrons. The first-order chi connectivity index (χ1) is 9.94. The van der Waals surface area contributed by atoms with Gasteiger partial charge in [-0.15, -0.1) is 0 Å². The second-order valence-electron chi connectivity index (χ2n) is 4.66. The number of halogens is 3. The predicted octanol–water partition coefficient (Wildman–Crippen LogP) is 2.94. The first-order valence-corrected chi connectivity index (χ1v) is 6.84. The molecule has 21 heavy (non-hydrogen) atoms. The van der Waals surface area contributed by atoms with E-state index in [1.807, 2.05) is 6.92 Å². The van der Waals surface area contributed by atoms with E-state index in [9.17, 15) is 13.2 Å². The van der Waals surface area contributed by atoms with Crippen LogP contribution in [-0.4, -0.2) is 40.2 Å². The molecule has 2 rings (SSSR count). The van der Waals surface area contributed by atoms with Gasteiger partial charge in [0.25, 0.3) is 0 Å². The number of nitrogens with one attached hydrogen (secondary N) is 1. The molecule has 2 aromatic rings. The molecule has 0 radical (unpaired) electrons. The van der Waals surface area contributed by atoms with E-state index in [-0.39, 0.29) is 12.4 Å². The average Bonchev–Trinajstić information content (AvgIpc) is 2.89. The molecular weight excluding hydrogens is 283 g/mol. The second kappa shape index (κ2) is 6.19. The van der Waals surface area contributed by atoms with E-state index in [0.29, 0.717) is 18.0 Å². The van der Waals surface area contributed by atoms with Gasteiger partial charge in [0.05, 0.1) is 6.20 Å². The summed E-state index contributed by atoms with van der Waals surface area (Å²) in [6, 6.07) is 0. The summed E-state index contributed by atoms with van der Waals surface area (Å²) >= 11 is 0. The van der Waals surface area contributed by atoms with Crippen molar-refractivity contribution in [3.8, 4) is 0 Å². The molecule has 0 spiro atoms. The standard InChI is InChI=1S/C13H18F3N5/c1-3-5-17-10-8-21-7-6-18-11(21)12(19-10)20(4-2)9-13(14,15)16/h6-8,17H,3-5,9H2,1-2H3. The minimum absolute atomic E-state index is 0.201. The van der Waals surface area contributed by atoms with Crippen LogP contribution in [0.4, 0.5) is 24.8 Å². The van der Waals surface area contributed by atoms with Crippen LogP contribution in [-0.2, 0) is 0 Å². The van der Waals surface area contributed by atoms with Crippen molar-refractivity contribution in [3.63, 3.8) is 0 Å². The SMILES string of the molecule is CCCNc1cn2ccnc2c(N(CC)CC(F)(F)F)n1. The summed E-state index contributed by atoms with van der Waals surface area (Å²) in [5.74, 6) is 0.777. The molecule has 8 heteroatoms. The molecular formula is C13H18F3N5. The first-order valence-electron chi connectivity index (χ1n) is 6.84. The van der Waals surface area contributed by atoms with Gasteiger partial charge in [-0.1, -0.05) is 6.92 Å². The van der Waals surface area contributed by atoms with Crippen LogP contribution in [0.5, 0.6) is 0 Å². The Hall–Kier alpha value is -1.99. The lowest BCUT2D eigenvalue weighted by atomic mass is 10.4. The van der Waals surface area contributed by atoms with Crippen LogP contribution in [0.25, 0.3) is 5.65 Å². The third-order valence-electron chi connectivity index (χ3n) is 2.96. The Morgan fingerprint density at radius 3 is 2.71 bits per heavy atom. The van der Waals surface area contributed by atoms with Crippen molar-refractivity contribution < 1.29 is 13.2 Å². The van der Waals surface area contributed by atoms with Crippen molar-refractivity contribution in [2.45, 2.75) is 26.4 Å². The lowest BCUT2D eigenvalue weighted by molar-refractivity contribution is -0.119. The molecule has 2 aromatic heterocycles. The van der Waals surface area contributed by atoms with Crippen molar-refractivity contribution in [1.29, 1.82) is 0 Å². The number of rotatable bonds is 6. The van der Waals surface area contributed by atoms with E-state index in [0.717, 1.165) is 6.42 Å². The predicted molar refractivity (Wildman–Crippen MR) is 75.7 cm³/mol. The molecule has 0 aliphatic rings. The molecule has 2 heterocycles. The van der Waals surface area contributed by atoms with Crippen LogP contribution in [0.15, 0.2) is 18.6 Å². The van der Waals surface area contributed by atoms with Gasteiger partial charge in [-0.05, 0) is 13.3 Å². The molecule has 5 nitrogen and oxygen atoms in total. The quantitative estimate of drug-likeness (QED) is 0.891. The molecule has 0 fully saturated rings. The Labute approximate surface area is 120 Å². The van der Waals surface area contributed by atoms with Crippen molar-refractivity contribution in [3.05, 3.63) is 18.6 Å². The van der Waals surface area contributed by atoms with Gasteiger partial charge >= 0.3 is 6.18 Å². The van der Waals surface area contributed by atoms with Crippen LogP contribution < -0.4 is 10.2 Å². The molecule has 0 amide bonds. The highest BCUT2D eigenvalue weighted by molar-refractivity contribution is 5.66. The monoisotopic (exact) mass is 301 g/mol. The number of alkyl halides is 3. The maximum Gasteiger partial charge on any atom is 0.405 e. The van der Waals surface area contributed by atoms with Crippen LogP contribution in [0.2, 0.25) is 0 Å². The number of nitrogens with zero attached hydrogens (tertiary/aromatic N) is 4. The molecule has 0 saturated heterocycles. The van der Waals surface area contributed by atoms with E-state index >= 15 is 0 Å². The van der Waals surface area contributed by atoms with Crippen LogP contribution >= 0.6 is 0 Å². The fraction of sp³-hybridized carbons (Fsp3) is 0.538. The van der Waals surface area contributed by atoms with Gasteiger partial charge in [-0.2, -0.15) is 13.2 Å². The van der Waals surface area contributed by atoms with Gasteiger partial charge in [0.15, 0.2) is 11.5 Å². The van der Waals surface area contributed by atoms with Gasteiger partial charge in [0.2, 0.25) is 0 Å². The Morgan fingerprint density at radius 1 is 1.33 bits per heavy atom. The summed E-state index contributed by atoms with van der Waals surface area (Å²) < 4.78 is 39.8. The summed E-state index contributed by atoms with van der Waals surface area (Å²) in [7, 11) is 0. The first kappa shape index (κ1) is 15.4. The minimum Gasteiger partial charge on any atom is -0.369 e. The summed E-state index contributed by atoms with van der Waals surface area (Å²) in [6.07, 6.45) is 1.58. The maximum atomic E-state index is 12.7. The zero-order valence-corrected chi connectivity index (χ0v) is 12.0.